The predicted molar refractivity (Wildman–Crippen MR) is 128 cm³/mol. The van der Waals surface area contributed by atoms with Gasteiger partial charge in [-0.1, -0.05) is 26.0 Å². The summed E-state index contributed by atoms with van der Waals surface area (Å²) in [6.07, 6.45) is 0.743. The average Bonchev–Trinajstić information content (AvgIpc) is 3.34. The highest BCUT2D eigenvalue weighted by Gasteiger charge is 2.35. The summed E-state index contributed by atoms with van der Waals surface area (Å²) < 4.78 is 39.4. The maximum absolute atomic E-state index is 13.3. The summed E-state index contributed by atoms with van der Waals surface area (Å²) in [5.74, 6) is 0.724. The molecule has 9 heteroatoms. The Hall–Kier alpha value is -2.78. The molecule has 4 rings (SSSR count). The van der Waals surface area contributed by atoms with Gasteiger partial charge in [0.1, 0.15) is 6.10 Å². The van der Waals surface area contributed by atoms with Gasteiger partial charge in [0.2, 0.25) is 16.1 Å². The molecular formula is C24H31N3O5S. The van der Waals surface area contributed by atoms with Gasteiger partial charge >= 0.3 is 0 Å². The topological polar surface area (TPSA) is 88.2 Å². The zero-order valence-corrected chi connectivity index (χ0v) is 20.1. The molecule has 0 bridgehead atoms. The molecule has 0 unspecified atom stereocenters. The van der Waals surface area contributed by atoms with Crippen LogP contribution in [0.25, 0.3) is 0 Å². The summed E-state index contributed by atoms with van der Waals surface area (Å²) in [5.41, 5.74) is 1.27. The predicted octanol–water partition coefficient (Wildman–Crippen LogP) is 3.48. The highest BCUT2D eigenvalue weighted by molar-refractivity contribution is 7.89. The molecule has 0 radical (unpaired) electrons. The molecule has 1 saturated heterocycles. The lowest BCUT2D eigenvalue weighted by Crippen LogP contribution is -2.46. The molecule has 178 valence electrons. The highest BCUT2D eigenvalue weighted by Crippen LogP contribution is 2.35. The van der Waals surface area contributed by atoms with Crippen LogP contribution < -0.4 is 19.7 Å². The molecule has 0 saturated carbocycles. The van der Waals surface area contributed by atoms with Gasteiger partial charge in [0.15, 0.2) is 11.5 Å². The standard InChI is InChI=1S/C24H31N3O5S/c1-4-27(5-2)33(29,30)18-12-13-20(26-14-8-9-15-26)19(16-18)25-24(28)23-17(3)31-21-10-6-7-11-22(21)32-23/h6-7,10-13,16-17,23H,4-5,8-9,14-15H2,1-3H3,(H,25,28)/t17-,23+/m1/s1. The Kier molecular flexibility index (Phi) is 6.81. The first-order valence-electron chi connectivity index (χ1n) is 11.5. The molecule has 1 fully saturated rings. The molecule has 0 spiro atoms. The Bertz CT molecular complexity index is 1110. The molecule has 1 amide bonds. The lowest BCUT2D eigenvalue weighted by atomic mass is 10.1. The zero-order valence-electron chi connectivity index (χ0n) is 19.3. The van der Waals surface area contributed by atoms with Crippen LogP contribution in [0.2, 0.25) is 0 Å². The monoisotopic (exact) mass is 473 g/mol. The van der Waals surface area contributed by atoms with Crippen molar-refractivity contribution in [3.05, 3.63) is 42.5 Å². The van der Waals surface area contributed by atoms with Crippen LogP contribution in [0.4, 0.5) is 11.4 Å². The Morgan fingerprint density at radius 3 is 2.33 bits per heavy atom. The SMILES string of the molecule is CCN(CC)S(=O)(=O)c1ccc(N2CCCC2)c(NC(=O)[C@H]2Oc3ccccc3O[C@@H]2C)c1. The number of fused-ring (bicyclic) bond motifs is 1. The van der Waals surface area contributed by atoms with Crippen molar-refractivity contribution >= 4 is 27.3 Å². The van der Waals surface area contributed by atoms with E-state index in [0.29, 0.717) is 30.3 Å². The van der Waals surface area contributed by atoms with E-state index in [0.717, 1.165) is 31.6 Å². The van der Waals surface area contributed by atoms with E-state index in [1.54, 1.807) is 37.3 Å². The number of sulfonamides is 1. The van der Waals surface area contributed by atoms with Gasteiger partial charge in [-0.25, -0.2) is 8.42 Å². The molecule has 33 heavy (non-hydrogen) atoms. The van der Waals surface area contributed by atoms with Crippen LogP contribution in [-0.4, -0.2) is 57.0 Å². The number of nitrogens with zero attached hydrogens (tertiary/aromatic N) is 2. The van der Waals surface area contributed by atoms with E-state index in [1.807, 2.05) is 26.0 Å². The van der Waals surface area contributed by atoms with Crippen LogP contribution in [-0.2, 0) is 14.8 Å². The van der Waals surface area contributed by atoms with E-state index >= 15 is 0 Å². The van der Waals surface area contributed by atoms with E-state index in [4.69, 9.17) is 9.47 Å². The Labute approximate surface area is 195 Å². The van der Waals surface area contributed by atoms with E-state index in [9.17, 15) is 13.2 Å². The third-order valence-corrected chi connectivity index (χ3v) is 8.16. The number of carbonyl (C=O) groups is 1. The van der Waals surface area contributed by atoms with Crippen molar-refractivity contribution in [3.63, 3.8) is 0 Å². The summed E-state index contributed by atoms with van der Waals surface area (Å²) >= 11 is 0. The van der Waals surface area contributed by atoms with E-state index < -0.39 is 22.2 Å². The van der Waals surface area contributed by atoms with Gasteiger partial charge in [0.05, 0.1) is 16.3 Å². The first-order valence-corrected chi connectivity index (χ1v) is 12.9. The fourth-order valence-electron chi connectivity index (χ4n) is 4.33. The molecule has 0 aliphatic carbocycles. The molecule has 2 atom stereocenters. The first kappa shape index (κ1) is 23.4. The minimum Gasteiger partial charge on any atom is -0.482 e. The second kappa shape index (κ2) is 9.61. The molecule has 8 nitrogen and oxygen atoms in total. The molecule has 1 N–H and O–H groups in total. The Morgan fingerprint density at radius 1 is 1.06 bits per heavy atom. The van der Waals surface area contributed by atoms with Crippen LogP contribution in [0.1, 0.15) is 33.6 Å². The fraction of sp³-hybridized carbons (Fsp3) is 0.458. The van der Waals surface area contributed by atoms with Gasteiger partial charge in [0.25, 0.3) is 5.91 Å². The van der Waals surface area contributed by atoms with E-state index in [2.05, 4.69) is 10.2 Å². The number of carbonyl (C=O) groups excluding carboxylic acids is 1. The van der Waals surface area contributed by atoms with Gasteiger partial charge in [0, 0.05) is 26.2 Å². The van der Waals surface area contributed by atoms with Crippen LogP contribution in [0.3, 0.4) is 0 Å². The van der Waals surface area contributed by atoms with Crippen molar-refractivity contribution in [2.45, 2.75) is 50.7 Å². The number of nitrogens with one attached hydrogen (secondary N) is 1. The fourth-order valence-corrected chi connectivity index (χ4v) is 5.82. The third-order valence-electron chi connectivity index (χ3n) is 6.12. The Balaban J connectivity index is 1.65. The minimum atomic E-state index is -3.67. The summed E-state index contributed by atoms with van der Waals surface area (Å²) in [4.78, 5) is 15.6. The van der Waals surface area contributed by atoms with Crippen LogP contribution >= 0.6 is 0 Å². The second-order valence-corrected chi connectivity index (χ2v) is 10.2. The van der Waals surface area contributed by atoms with Crippen molar-refractivity contribution in [1.29, 1.82) is 0 Å². The largest absolute Gasteiger partial charge is 0.482 e. The quantitative estimate of drug-likeness (QED) is 0.662. The maximum atomic E-state index is 13.3. The van der Waals surface area contributed by atoms with Gasteiger partial charge < -0.3 is 19.7 Å². The maximum Gasteiger partial charge on any atom is 0.269 e. The van der Waals surface area contributed by atoms with Crippen molar-refractivity contribution in [1.82, 2.24) is 4.31 Å². The summed E-state index contributed by atoms with van der Waals surface area (Å²) in [5, 5.41) is 2.94. The third kappa shape index (κ3) is 4.65. The molecule has 2 aliphatic heterocycles. The zero-order chi connectivity index (χ0) is 23.6. The number of benzene rings is 2. The van der Waals surface area contributed by atoms with Gasteiger partial charge in [-0.3, -0.25) is 4.79 Å². The number of amides is 1. The number of para-hydroxylation sites is 2. The number of rotatable bonds is 7. The van der Waals surface area contributed by atoms with E-state index in [1.165, 1.54) is 4.31 Å². The van der Waals surface area contributed by atoms with Crippen LogP contribution in [0, 0.1) is 0 Å². The number of ether oxygens (including phenoxy) is 2. The lowest BCUT2D eigenvalue weighted by molar-refractivity contribution is -0.128. The van der Waals surface area contributed by atoms with Crippen LogP contribution in [0.15, 0.2) is 47.4 Å². The molecule has 2 heterocycles. The van der Waals surface area contributed by atoms with Crippen molar-refractivity contribution in [2.24, 2.45) is 0 Å². The number of anilines is 2. The average molecular weight is 474 g/mol. The lowest BCUT2D eigenvalue weighted by Gasteiger charge is -2.31. The molecule has 2 aromatic rings. The van der Waals surface area contributed by atoms with Crippen molar-refractivity contribution in [2.75, 3.05) is 36.4 Å². The minimum absolute atomic E-state index is 0.156. The van der Waals surface area contributed by atoms with Crippen molar-refractivity contribution in [3.8, 4) is 11.5 Å². The summed E-state index contributed by atoms with van der Waals surface area (Å²) in [7, 11) is -3.67. The number of hydrogen-bond donors (Lipinski definition) is 1. The smallest absolute Gasteiger partial charge is 0.269 e. The van der Waals surface area contributed by atoms with Gasteiger partial charge in [-0.2, -0.15) is 4.31 Å². The first-order chi connectivity index (χ1) is 15.8. The van der Waals surface area contributed by atoms with Gasteiger partial charge in [-0.05, 0) is 50.1 Å². The molecule has 2 aliphatic rings. The van der Waals surface area contributed by atoms with E-state index in [-0.39, 0.29) is 10.8 Å². The van der Waals surface area contributed by atoms with Crippen molar-refractivity contribution < 1.29 is 22.7 Å². The summed E-state index contributed by atoms with van der Waals surface area (Å²) in [6.45, 7) is 7.86. The number of hydrogen-bond acceptors (Lipinski definition) is 6. The van der Waals surface area contributed by atoms with Gasteiger partial charge in [-0.15, -0.1) is 0 Å². The second-order valence-electron chi connectivity index (χ2n) is 8.26. The molecular weight excluding hydrogens is 442 g/mol. The molecule has 0 aromatic heterocycles. The van der Waals surface area contributed by atoms with Crippen LogP contribution in [0.5, 0.6) is 11.5 Å². The molecule has 2 aromatic carbocycles. The normalized spacial score (nSPS) is 20.2. The summed E-state index contributed by atoms with van der Waals surface area (Å²) in [6, 6.07) is 12.2. The Morgan fingerprint density at radius 2 is 1.70 bits per heavy atom. The highest BCUT2D eigenvalue weighted by atomic mass is 32.2.